The van der Waals surface area contributed by atoms with Gasteiger partial charge in [0.2, 0.25) is 0 Å². The Morgan fingerprint density at radius 2 is 1.17 bits per heavy atom. The Hall–Kier alpha value is -4.10. The van der Waals surface area contributed by atoms with Crippen molar-refractivity contribution < 1.29 is 0 Å². The number of para-hydroxylation sites is 1. The lowest BCUT2D eigenvalue weighted by atomic mass is 9.82. The van der Waals surface area contributed by atoms with Crippen LogP contribution in [0.5, 0.6) is 0 Å². The van der Waals surface area contributed by atoms with Gasteiger partial charge < -0.3 is 4.90 Å². The topological polar surface area (TPSA) is 3.24 Å². The Kier molecular flexibility index (Phi) is 5.49. The number of aryl methyl sites for hydroxylation is 1. The van der Waals surface area contributed by atoms with E-state index in [1.54, 1.807) is 0 Å². The Morgan fingerprint density at radius 1 is 0.556 bits per heavy atom. The normalized spacial score (nSPS) is 13.2. The van der Waals surface area contributed by atoms with Gasteiger partial charge in [0.05, 0.1) is 5.69 Å². The summed E-state index contributed by atoms with van der Waals surface area (Å²) in [4.78, 5) is 2.42. The van der Waals surface area contributed by atoms with Gasteiger partial charge in [0, 0.05) is 22.4 Å². The van der Waals surface area contributed by atoms with E-state index in [4.69, 9.17) is 0 Å². The summed E-state index contributed by atoms with van der Waals surface area (Å²) in [6.45, 7) is 6.90. The molecule has 1 nitrogen and oxygen atoms in total. The van der Waals surface area contributed by atoms with E-state index >= 15 is 0 Å². The van der Waals surface area contributed by atoms with Crippen molar-refractivity contribution in [3.8, 4) is 22.3 Å². The van der Waals surface area contributed by atoms with Crippen molar-refractivity contribution in [2.24, 2.45) is 0 Å². The fraction of sp³-hybridized carbons (Fsp3) is 0.143. The van der Waals surface area contributed by atoms with Gasteiger partial charge in [0.15, 0.2) is 0 Å². The van der Waals surface area contributed by atoms with Crippen LogP contribution in [0.15, 0.2) is 121 Å². The largest absolute Gasteiger partial charge is 0.310 e. The molecule has 0 fully saturated rings. The third kappa shape index (κ3) is 3.63. The lowest BCUT2D eigenvalue weighted by Gasteiger charge is -2.30. The van der Waals surface area contributed by atoms with Gasteiger partial charge in [-0.3, -0.25) is 0 Å². The molecule has 0 aromatic heterocycles. The molecule has 0 N–H and O–H groups in total. The highest BCUT2D eigenvalue weighted by atomic mass is 15.1. The number of fused-ring (bicyclic) bond motifs is 3. The number of hydrogen-bond acceptors (Lipinski definition) is 1. The lowest BCUT2D eigenvalue weighted by Crippen LogP contribution is -2.16. The van der Waals surface area contributed by atoms with Gasteiger partial charge in [-0.1, -0.05) is 112 Å². The van der Waals surface area contributed by atoms with Gasteiger partial charge in [-0.05, 0) is 70.1 Å². The molecule has 1 aliphatic carbocycles. The predicted molar refractivity (Wildman–Crippen MR) is 154 cm³/mol. The molecular weight excluding hydrogens is 434 g/mol. The van der Waals surface area contributed by atoms with Crippen LogP contribution in [-0.4, -0.2) is 0 Å². The molecule has 5 aromatic carbocycles. The monoisotopic (exact) mass is 465 g/mol. The van der Waals surface area contributed by atoms with Gasteiger partial charge >= 0.3 is 0 Å². The number of nitrogens with zero attached hydrogens (tertiary/aromatic N) is 1. The van der Waals surface area contributed by atoms with Crippen molar-refractivity contribution in [2.45, 2.75) is 32.6 Å². The van der Waals surface area contributed by atoms with E-state index in [1.807, 2.05) is 0 Å². The molecule has 0 saturated heterocycles. The number of benzene rings is 5. The fourth-order valence-electron chi connectivity index (χ4n) is 5.67. The van der Waals surface area contributed by atoms with Gasteiger partial charge in [-0.2, -0.15) is 0 Å². The summed E-state index contributed by atoms with van der Waals surface area (Å²) in [6.07, 6.45) is 1.03. The molecule has 1 heteroatoms. The molecule has 1 aliphatic rings. The van der Waals surface area contributed by atoms with Crippen LogP contribution in [0.2, 0.25) is 0 Å². The summed E-state index contributed by atoms with van der Waals surface area (Å²) in [5.74, 6) is 0. The summed E-state index contributed by atoms with van der Waals surface area (Å²) in [5, 5.41) is 0. The van der Waals surface area contributed by atoms with Gasteiger partial charge in [-0.15, -0.1) is 0 Å². The zero-order valence-electron chi connectivity index (χ0n) is 21.2. The lowest BCUT2D eigenvalue weighted by molar-refractivity contribution is 0.660. The Balaban J connectivity index is 1.56. The first-order valence-corrected chi connectivity index (χ1v) is 12.9. The molecule has 0 atom stereocenters. The summed E-state index contributed by atoms with van der Waals surface area (Å²) in [6, 6.07) is 44.3. The molecule has 0 aliphatic heterocycles. The molecule has 0 saturated carbocycles. The van der Waals surface area contributed by atoms with E-state index in [0.29, 0.717) is 0 Å². The van der Waals surface area contributed by atoms with Crippen LogP contribution >= 0.6 is 0 Å². The predicted octanol–water partition coefficient (Wildman–Crippen LogP) is 9.69. The zero-order valence-corrected chi connectivity index (χ0v) is 21.2. The van der Waals surface area contributed by atoms with Crippen molar-refractivity contribution in [3.05, 3.63) is 138 Å². The molecular formula is C35H31N. The van der Waals surface area contributed by atoms with Crippen LogP contribution in [-0.2, 0) is 11.8 Å². The third-order valence-corrected chi connectivity index (χ3v) is 7.66. The summed E-state index contributed by atoms with van der Waals surface area (Å²) in [5.41, 5.74) is 12.8. The minimum Gasteiger partial charge on any atom is -0.310 e. The van der Waals surface area contributed by atoms with E-state index in [-0.39, 0.29) is 5.41 Å². The second-order valence-corrected chi connectivity index (χ2v) is 10.1. The quantitative estimate of drug-likeness (QED) is 0.250. The highest BCUT2D eigenvalue weighted by Crippen LogP contribution is 2.51. The smallest absolute Gasteiger partial charge is 0.0540 e. The molecule has 0 heterocycles. The fourth-order valence-corrected chi connectivity index (χ4v) is 5.67. The maximum absolute atomic E-state index is 2.42. The van der Waals surface area contributed by atoms with Gasteiger partial charge in [-0.25, -0.2) is 0 Å². The van der Waals surface area contributed by atoms with Crippen molar-refractivity contribution in [3.63, 3.8) is 0 Å². The Labute approximate surface area is 214 Å². The number of rotatable bonds is 5. The van der Waals surface area contributed by atoms with Crippen LogP contribution in [0.1, 0.15) is 37.5 Å². The van der Waals surface area contributed by atoms with E-state index in [0.717, 1.165) is 6.42 Å². The minimum absolute atomic E-state index is 0.0430. The Morgan fingerprint density at radius 3 is 1.92 bits per heavy atom. The highest BCUT2D eigenvalue weighted by Gasteiger charge is 2.35. The second-order valence-electron chi connectivity index (χ2n) is 10.1. The molecule has 6 rings (SSSR count). The first kappa shape index (κ1) is 22.4. The molecule has 5 aromatic rings. The van der Waals surface area contributed by atoms with Crippen LogP contribution < -0.4 is 4.90 Å². The van der Waals surface area contributed by atoms with E-state index in [2.05, 4.69) is 147 Å². The first-order chi connectivity index (χ1) is 17.6. The summed E-state index contributed by atoms with van der Waals surface area (Å²) >= 11 is 0. The minimum atomic E-state index is -0.0430. The second kappa shape index (κ2) is 8.84. The van der Waals surface area contributed by atoms with Crippen molar-refractivity contribution in [1.29, 1.82) is 0 Å². The van der Waals surface area contributed by atoms with Crippen molar-refractivity contribution >= 4 is 17.1 Å². The summed E-state index contributed by atoms with van der Waals surface area (Å²) in [7, 11) is 0. The molecule has 36 heavy (non-hydrogen) atoms. The maximum Gasteiger partial charge on any atom is 0.0540 e. The van der Waals surface area contributed by atoms with Crippen molar-refractivity contribution in [2.75, 3.05) is 4.90 Å². The molecule has 176 valence electrons. The molecule has 0 bridgehead atoms. The van der Waals surface area contributed by atoms with Gasteiger partial charge in [0.1, 0.15) is 0 Å². The molecule has 0 amide bonds. The summed E-state index contributed by atoms with van der Waals surface area (Å²) < 4.78 is 0. The average Bonchev–Trinajstić information content (AvgIpc) is 3.16. The van der Waals surface area contributed by atoms with Crippen molar-refractivity contribution in [1.82, 2.24) is 0 Å². The SMILES string of the molecule is CCc1ccc(N(c2ccc3c(c2)C(C)(C)c2ccccc2-3)c2ccccc2-c2ccccc2)cc1. The van der Waals surface area contributed by atoms with E-state index < -0.39 is 0 Å². The van der Waals surface area contributed by atoms with Crippen LogP contribution in [0.3, 0.4) is 0 Å². The molecule has 0 radical (unpaired) electrons. The van der Waals surface area contributed by atoms with E-state index in [1.165, 1.54) is 56.0 Å². The molecule has 0 spiro atoms. The van der Waals surface area contributed by atoms with Gasteiger partial charge in [0.25, 0.3) is 0 Å². The van der Waals surface area contributed by atoms with Crippen LogP contribution in [0.4, 0.5) is 17.1 Å². The Bertz CT molecular complexity index is 1530. The first-order valence-electron chi connectivity index (χ1n) is 12.9. The number of anilines is 3. The highest BCUT2D eigenvalue weighted by molar-refractivity contribution is 5.90. The molecule has 0 unspecified atom stereocenters. The van der Waals surface area contributed by atoms with E-state index in [9.17, 15) is 0 Å². The van der Waals surface area contributed by atoms with Crippen LogP contribution in [0, 0.1) is 0 Å². The number of hydrogen-bond donors (Lipinski definition) is 0. The average molecular weight is 466 g/mol. The third-order valence-electron chi connectivity index (χ3n) is 7.66. The standard InChI is InChI=1S/C35H31N/c1-4-25-18-20-27(21-19-25)36(34-17-11-9-14-29(34)26-12-6-5-7-13-26)28-22-23-31-30-15-8-10-16-32(30)35(2,3)33(31)24-28/h5-24H,4H2,1-3H3. The maximum atomic E-state index is 2.42. The van der Waals surface area contributed by atoms with Crippen LogP contribution in [0.25, 0.3) is 22.3 Å². The zero-order chi connectivity index (χ0) is 24.7.